The van der Waals surface area contributed by atoms with Gasteiger partial charge >= 0.3 is 6.03 Å². The van der Waals surface area contributed by atoms with Gasteiger partial charge in [-0.15, -0.1) is 0 Å². The summed E-state index contributed by atoms with van der Waals surface area (Å²) in [6.45, 7) is 1.71. The number of urea groups is 1. The molecular formula is C19H20FN5O. The van der Waals surface area contributed by atoms with Gasteiger partial charge in [0.1, 0.15) is 17.2 Å². The number of nitrogens with zero attached hydrogens (tertiary/aromatic N) is 4. The van der Waals surface area contributed by atoms with Crippen molar-refractivity contribution < 1.29 is 9.18 Å². The van der Waals surface area contributed by atoms with Crippen LogP contribution in [0.4, 0.5) is 9.18 Å². The van der Waals surface area contributed by atoms with Gasteiger partial charge in [0.15, 0.2) is 5.65 Å². The Morgan fingerprint density at radius 1 is 1.31 bits per heavy atom. The average Bonchev–Trinajstić information content (AvgIpc) is 3.26. The van der Waals surface area contributed by atoms with Gasteiger partial charge in [-0.2, -0.15) is 0 Å². The predicted molar refractivity (Wildman–Crippen MR) is 96.1 cm³/mol. The van der Waals surface area contributed by atoms with Crippen LogP contribution in [0, 0.1) is 5.82 Å². The minimum absolute atomic E-state index is 0.103. The summed E-state index contributed by atoms with van der Waals surface area (Å²) in [6.07, 6.45) is 2.64. The van der Waals surface area contributed by atoms with Gasteiger partial charge in [0, 0.05) is 38.8 Å². The average molecular weight is 353 g/mol. The number of carbonyl (C=O) groups excluding carboxylic acids is 1. The van der Waals surface area contributed by atoms with E-state index in [2.05, 4.69) is 10.3 Å². The van der Waals surface area contributed by atoms with E-state index in [1.165, 1.54) is 12.1 Å². The first-order chi connectivity index (χ1) is 12.6. The van der Waals surface area contributed by atoms with Gasteiger partial charge in [-0.3, -0.25) is 0 Å². The Labute approximate surface area is 150 Å². The number of amides is 2. The fraction of sp³-hybridized carbons (Fsp3) is 0.316. The second kappa shape index (κ2) is 6.74. The van der Waals surface area contributed by atoms with Crippen LogP contribution in [0.5, 0.6) is 0 Å². The molecule has 1 fully saturated rings. The van der Waals surface area contributed by atoms with Crippen LogP contribution in [0.15, 0.2) is 42.6 Å². The lowest BCUT2D eigenvalue weighted by molar-refractivity contribution is 0.207. The van der Waals surface area contributed by atoms with Crippen molar-refractivity contribution in [1.82, 2.24) is 24.8 Å². The van der Waals surface area contributed by atoms with Crippen molar-refractivity contribution in [2.45, 2.75) is 18.9 Å². The quantitative estimate of drug-likeness (QED) is 0.788. The molecule has 6 nitrogen and oxygen atoms in total. The van der Waals surface area contributed by atoms with E-state index < -0.39 is 0 Å². The van der Waals surface area contributed by atoms with Crippen molar-refractivity contribution in [2.75, 3.05) is 13.1 Å². The molecule has 2 aromatic heterocycles. The molecule has 1 aliphatic rings. The van der Waals surface area contributed by atoms with Crippen LogP contribution in [-0.2, 0) is 13.6 Å². The number of aryl methyl sites for hydroxylation is 1. The summed E-state index contributed by atoms with van der Waals surface area (Å²) in [7, 11) is 1.97. The fourth-order valence-corrected chi connectivity index (χ4v) is 3.45. The minimum Gasteiger partial charge on any atom is -0.334 e. The Hall–Kier alpha value is -2.96. The molecule has 1 N–H and O–H groups in total. The van der Waals surface area contributed by atoms with Gasteiger partial charge in [0.2, 0.25) is 0 Å². The smallest absolute Gasteiger partial charge is 0.317 e. The number of rotatable bonds is 3. The highest BCUT2D eigenvalue weighted by molar-refractivity contribution is 5.75. The molecule has 2 amide bonds. The van der Waals surface area contributed by atoms with E-state index in [1.807, 2.05) is 23.7 Å². The molecule has 1 aliphatic heterocycles. The Bertz CT molecular complexity index is 937. The molecule has 0 saturated carbocycles. The number of halogens is 1. The van der Waals surface area contributed by atoms with E-state index in [9.17, 15) is 9.18 Å². The molecule has 0 radical (unpaired) electrons. The summed E-state index contributed by atoms with van der Waals surface area (Å²) < 4.78 is 15.0. The van der Waals surface area contributed by atoms with Crippen molar-refractivity contribution in [3.8, 4) is 0 Å². The maximum absolute atomic E-state index is 12.9. The van der Waals surface area contributed by atoms with E-state index in [0.29, 0.717) is 19.6 Å². The summed E-state index contributed by atoms with van der Waals surface area (Å²) in [6, 6.07) is 9.87. The van der Waals surface area contributed by atoms with Crippen LogP contribution in [0.3, 0.4) is 0 Å². The van der Waals surface area contributed by atoms with Crippen LogP contribution in [0.1, 0.15) is 23.7 Å². The molecule has 3 heterocycles. The minimum atomic E-state index is -0.278. The highest BCUT2D eigenvalue weighted by Gasteiger charge is 2.30. The lowest BCUT2D eigenvalue weighted by atomic mass is 10.1. The maximum Gasteiger partial charge on any atom is 0.317 e. The first kappa shape index (κ1) is 16.5. The second-order valence-corrected chi connectivity index (χ2v) is 6.59. The SMILES string of the molecule is Cn1c([C@H]2CCN(C(=O)NCc3ccc(F)cc3)C2)nc2cccnc21. The molecule has 3 aromatic rings. The highest BCUT2D eigenvalue weighted by atomic mass is 19.1. The number of hydrogen-bond acceptors (Lipinski definition) is 3. The summed E-state index contributed by atoms with van der Waals surface area (Å²) in [5.74, 6) is 0.887. The second-order valence-electron chi connectivity index (χ2n) is 6.59. The van der Waals surface area contributed by atoms with Gasteiger partial charge in [0.25, 0.3) is 0 Å². The molecule has 0 aliphatic carbocycles. The summed E-state index contributed by atoms with van der Waals surface area (Å²) in [5.41, 5.74) is 2.61. The van der Waals surface area contributed by atoms with Gasteiger partial charge in [-0.1, -0.05) is 12.1 Å². The first-order valence-electron chi connectivity index (χ1n) is 8.66. The van der Waals surface area contributed by atoms with Crippen molar-refractivity contribution in [3.05, 3.63) is 59.8 Å². The summed E-state index contributed by atoms with van der Waals surface area (Å²) in [5, 5.41) is 2.90. The molecule has 0 bridgehead atoms. The van der Waals surface area contributed by atoms with Crippen molar-refractivity contribution in [2.24, 2.45) is 7.05 Å². The van der Waals surface area contributed by atoms with Crippen molar-refractivity contribution in [3.63, 3.8) is 0 Å². The molecule has 134 valence electrons. The number of pyridine rings is 1. The lowest BCUT2D eigenvalue weighted by Gasteiger charge is -2.17. The zero-order valence-corrected chi connectivity index (χ0v) is 14.5. The number of nitrogens with one attached hydrogen (secondary N) is 1. The lowest BCUT2D eigenvalue weighted by Crippen LogP contribution is -2.38. The third-order valence-corrected chi connectivity index (χ3v) is 4.86. The van der Waals surface area contributed by atoms with E-state index in [1.54, 1.807) is 23.2 Å². The standard InChI is InChI=1S/C19H20FN5O/c1-24-17(23-16-3-2-9-21-18(16)24)14-8-10-25(12-14)19(26)22-11-13-4-6-15(20)7-5-13/h2-7,9,14H,8,10-12H2,1H3,(H,22,26)/t14-/m0/s1. The van der Waals surface area contributed by atoms with Crippen LogP contribution in [0.25, 0.3) is 11.2 Å². The zero-order chi connectivity index (χ0) is 18.1. The normalized spacial score (nSPS) is 17.0. The maximum atomic E-state index is 12.9. The number of aromatic nitrogens is 3. The molecule has 26 heavy (non-hydrogen) atoms. The Kier molecular flexibility index (Phi) is 4.28. The van der Waals surface area contributed by atoms with Crippen LogP contribution < -0.4 is 5.32 Å². The molecule has 1 saturated heterocycles. The van der Waals surface area contributed by atoms with Crippen molar-refractivity contribution in [1.29, 1.82) is 0 Å². The molecular weight excluding hydrogens is 333 g/mol. The molecule has 0 spiro atoms. The van der Waals surface area contributed by atoms with Crippen LogP contribution >= 0.6 is 0 Å². The number of imidazole rings is 1. The summed E-state index contributed by atoms with van der Waals surface area (Å²) >= 11 is 0. The van der Waals surface area contributed by atoms with E-state index in [0.717, 1.165) is 29.0 Å². The van der Waals surface area contributed by atoms with Gasteiger partial charge < -0.3 is 14.8 Å². The molecule has 1 atom stereocenters. The number of carbonyl (C=O) groups is 1. The third kappa shape index (κ3) is 3.12. The molecule has 1 aromatic carbocycles. The summed E-state index contributed by atoms with van der Waals surface area (Å²) in [4.78, 5) is 23.3. The molecule has 0 unspecified atom stereocenters. The Morgan fingerprint density at radius 3 is 2.88 bits per heavy atom. The number of likely N-dealkylation sites (tertiary alicyclic amines) is 1. The molecule has 7 heteroatoms. The highest BCUT2D eigenvalue weighted by Crippen LogP contribution is 2.28. The number of hydrogen-bond donors (Lipinski definition) is 1. The Balaban J connectivity index is 1.40. The van der Waals surface area contributed by atoms with E-state index in [-0.39, 0.29) is 17.8 Å². The van der Waals surface area contributed by atoms with Crippen LogP contribution in [0.2, 0.25) is 0 Å². The largest absolute Gasteiger partial charge is 0.334 e. The van der Waals surface area contributed by atoms with Crippen LogP contribution in [-0.4, -0.2) is 38.6 Å². The fourth-order valence-electron chi connectivity index (χ4n) is 3.45. The monoisotopic (exact) mass is 353 g/mol. The topological polar surface area (TPSA) is 63.1 Å². The Morgan fingerprint density at radius 2 is 2.12 bits per heavy atom. The van der Waals surface area contributed by atoms with E-state index >= 15 is 0 Å². The zero-order valence-electron chi connectivity index (χ0n) is 14.5. The van der Waals surface area contributed by atoms with Gasteiger partial charge in [0.05, 0.1) is 0 Å². The van der Waals surface area contributed by atoms with Gasteiger partial charge in [-0.05, 0) is 36.2 Å². The third-order valence-electron chi connectivity index (χ3n) is 4.86. The molecule has 4 rings (SSSR count). The van der Waals surface area contributed by atoms with Crippen molar-refractivity contribution >= 4 is 17.2 Å². The number of fused-ring (bicyclic) bond motifs is 1. The van der Waals surface area contributed by atoms with Gasteiger partial charge in [-0.25, -0.2) is 19.2 Å². The van der Waals surface area contributed by atoms with E-state index in [4.69, 9.17) is 4.98 Å². The number of benzene rings is 1. The predicted octanol–water partition coefficient (Wildman–Crippen LogP) is 2.81. The first-order valence-corrected chi connectivity index (χ1v) is 8.66.